The zero-order valence-electron chi connectivity index (χ0n) is 18.6. The van der Waals surface area contributed by atoms with E-state index in [1.54, 1.807) is 30.3 Å². The summed E-state index contributed by atoms with van der Waals surface area (Å²) in [7, 11) is 1.51. The van der Waals surface area contributed by atoms with Gasteiger partial charge in [-0.25, -0.2) is 8.42 Å². The molecule has 1 fully saturated rings. The Labute approximate surface area is 189 Å². The number of nitrogens with zero attached hydrogens (tertiary/aromatic N) is 1. The molecule has 3 rings (SSSR count). The van der Waals surface area contributed by atoms with Gasteiger partial charge < -0.3 is 24.6 Å². The second-order valence-corrected chi connectivity index (χ2v) is 10.3. The van der Waals surface area contributed by atoms with Gasteiger partial charge in [0.25, 0.3) is 0 Å². The van der Waals surface area contributed by atoms with Gasteiger partial charge in [-0.3, -0.25) is 4.79 Å². The maximum atomic E-state index is 12.8. The second-order valence-electron chi connectivity index (χ2n) is 8.14. The third kappa shape index (κ3) is 6.24. The Balaban J connectivity index is 1.70. The highest BCUT2D eigenvalue weighted by molar-refractivity contribution is 7.92. The Hall–Kier alpha value is -2.56. The van der Waals surface area contributed by atoms with Crippen molar-refractivity contribution < 1.29 is 27.6 Å². The van der Waals surface area contributed by atoms with Gasteiger partial charge >= 0.3 is 7.69 Å². The molecule has 1 aliphatic carbocycles. The van der Waals surface area contributed by atoms with Crippen molar-refractivity contribution in [2.45, 2.75) is 42.4 Å². The molecule has 0 bridgehead atoms. The average molecular weight is 460 g/mol. The van der Waals surface area contributed by atoms with Gasteiger partial charge in [0.1, 0.15) is 11.5 Å². The number of methoxy groups -OCH3 is 1. The Morgan fingerprint density at radius 2 is 1.91 bits per heavy atom. The molecule has 0 aromatic heterocycles. The summed E-state index contributed by atoms with van der Waals surface area (Å²) >= 11 is 0. The highest BCUT2D eigenvalue weighted by Gasteiger charge is 2.38. The molecule has 0 aliphatic heterocycles. The summed E-state index contributed by atoms with van der Waals surface area (Å²) in [6, 6.07) is 10.2. The highest BCUT2D eigenvalue weighted by Crippen LogP contribution is 2.36. The van der Waals surface area contributed by atoms with E-state index >= 15 is 0 Å². The molecular weight excluding hydrogens is 431 g/mol. The van der Waals surface area contributed by atoms with Gasteiger partial charge in [0.05, 0.1) is 17.3 Å². The van der Waals surface area contributed by atoms with Crippen LogP contribution in [0.2, 0.25) is 0 Å². The Kier molecular flexibility index (Phi) is 7.81. The van der Waals surface area contributed by atoms with E-state index in [1.807, 2.05) is 25.1 Å². The van der Waals surface area contributed by atoms with Gasteiger partial charge in [0, 0.05) is 24.7 Å². The fraction of sp³-hybridized carbons (Fsp3) is 0.409. The number of amides is 1. The van der Waals surface area contributed by atoms with Crippen molar-refractivity contribution in [2.75, 3.05) is 26.5 Å². The van der Waals surface area contributed by atoms with Crippen LogP contribution in [-0.4, -0.2) is 58.4 Å². The molecule has 0 radical (unpaired) electrons. The maximum Gasteiger partial charge on any atom is 0.504 e. The van der Waals surface area contributed by atoms with E-state index in [2.05, 4.69) is 5.32 Å². The summed E-state index contributed by atoms with van der Waals surface area (Å²) in [4.78, 5) is 14.8. The molecule has 10 heteroatoms. The quantitative estimate of drug-likeness (QED) is 0.494. The number of anilines is 1. The summed E-state index contributed by atoms with van der Waals surface area (Å²) in [6.45, 7) is 0.461. The van der Waals surface area contributed by atoms with Gasteiger partial charge in [-0.2, -0.15) is 0 Å². The van der Waals surface area contributed by atoms with Crippen molar-refractivity contribution in [1.29, 1.82) is 0 Å². The Morgan fingerprint density at radius 1 is 1.19 bits per heavy atom. The smallest absolute Gasteiger partial charge is 0.504 e. The van der Waals surface area contributed by atoms with Crippen molar-refractivity contribution in [1.82, 2.24) is 4.90 Å². The number of hydrogen-bond acceptors (Lipinski definition) is 7. The van der Waals surface area contributed by atoms with E-state index in [0.717, 1.165) is 5.56 Å². The molecule has 0 heterocycles. The molecule has 1 amide bonds. The molecular formula is C22H29BN2O6S. The molecule has 32 heavy (non-hydrogen) atoms. The molecule has 0 atom stereocenters. The van der Waals surface area contributed by atoms with Crippen LogP contribution < -0.4 is 14.7 Å². The number of rotatable bonds is 11. The first-order chi connectivity index (χ1) is 15.2. The van der Waals surface area contributed by atoms with E-state index in [4.69, 9.17) is 14.4 Å². The number of ether oxygens (including phenoxy) is 1. The lowest BCUT2D eigenvalue weighted by Gasteiger charge is -2.16. The molecule has 0 unspecified atom stereocenters. The lowest BCUT2D eigenvalue weighted by molar-refractivity contribution is -0.116. The number of carbonyl (C=O) groups excluding carboxylic acids is 1. The SMILES string of the molecule is COc1cc(CCC(=O)Nc2ccc(S(=O)(=O)C3CC3)c(CN(C)C)c2)cc(OBO)c1. The molecule has 2 aromatic carbocycles. The average Bonchev–Trinajstić information content (AvgIpc) is 3.58. The zero-order valence-corrected chi connectivity index (χ0v) is 19.4. The minimum absolute atomic E-state index is 0.189. The molecule has 0 saturated heterocycles. The van der Waals surface area contributed by atoms with Crippen LogP contribution in [0.15, 0.2) is 41.3 Å². The van der Waals surface area contributed by atoms with E-state index in [0.29, 0.717) is 53.5 Å². The lowest BCUT2D eigenvalue weighted by atomic mass is 10.1. The van der Waals surface area contributed by atoms with Gasteiger partial charge in [-0.15, -0.1) is 0 Å². The maximum absolute atomic E-state index is 12.8. The fourth-order valence-electron chi connectivity index (χ4n) is 3.49. The van der Waals surface area contributed by atoms with E-state index in [1.165, 1.54) is 7.11 Å². The number of hydrogen-bond donors (Lipinski definition) is 2. The third-order valence-electron chi connectivity index (χ3n) is 5.15. The summed E-state index contributed by atoms with van der Waals surface area (Å²) in [5.41, 5.74) is 2.08. The molecule has 172 valence electrons. The van der Waals surface area contributed by atoms with Crippen molar-refractivity contribution in [3.05, 3.63) is 47.5 Å². The van der Waals surface area contributed by atoms with Crippen LogP contribution in [-0.2, 0) is 27.6 Å². The number of carbonyl (C=O) groups is 1. The van der Waals surface area contributed by atoms with E-state index < -0.39 is 17.5 Å². The van der Waals surface area contributed by atoms with Crippen LogP contribution >= 0.6 is 0 Å². The Bertz CT molecular complexity index is 1070. The van der Waals surface area contributed by atoms with Crippen molar-refractivity contribution in [3.63, 3.8) is 0 Å². The summed E-state index contributed by atoms with van der Waals surface area (Å²) in [5.74, 6) is 0.848. The summed E-state index contributed by atoms with van der Waals surface area (Å²) in [6.07, 6.45) is 2.08. The lowest BCUT2D eigenvalue weighted by Crippen LogP contribution is -2.18. The van der Waals surface area contributed by atoms with Crippen LogP contribution in [0.5, 0.6) is 11.5 Å². The normalized spacial score (nSPS) is 13.7. The standard InChI is InChI=1S/C22H29BN2O6S/c1-25(2)14-16-12-17(5-8-21(16)32(28,29)20-6-7-20)24-22(26)9-4-15-10-18(30-3)13-19(11-15)31-23-27/h5,8,10-13,20,23,27H,4,6-7,9,14H2,1-3H3,(H,24,26). The van der Waals surface area contributed by atoms with Gasteiger partial charge in [0.15, 0.2) is 9.84 Å². The van der Waals surface area contributed by atoms with Crippen molar-refractivity contribution >= 4 is 29.1 Å². The monoisotopic (exact) mass is 460 g/mol. The van der Waals surface area contributed by atoms with Gasteiger partial charge in [0.2, 0.25) is 5.91 Å². The van der Waals surface area contributed by atoms with Crippen LogP contribution in [0.25, 0.3) is 0 Å². The first-order valence-electron chi connectivity index (χ1n) is 10.5. The molecule has 8 nitrogen and oxygen atoms in total. The van der Waals surface area contributed by atoms with Gasteiger partial charge in [-0.1, -0.05) is 0 Å². The summed E-state index contributed by atoms with van der Waals surface area (Å²) < 4.78 is 35.9. The molecule has 2 aromatic rings. The first kappa shape index (κ1) is 24.1. The van der Waals surface area contributed by atoms with Crippen LogP contribution in [0, 0.1) is 0 Å². The van der Waals surface area contributed by atoms with Crippen molar-refractivity contribution in [2.24, 2.45) is 0 Å². The largest absolute Gasteiger partial charge is 0.539 e. The Morgan fingerprint density at radius 3 is 2.53 bits per heavy atom. The number of benzene rings is 2. The minimum atomic E-state index is -3.33. The topological polar surface area (TPSA) is 105 Å². The summed E-state index contributed by atoms with van der Waals surface area (Å²) in [5, 5.41) is 11.5. The molecule has 0 spiro atoms. The van der Waals surface area contributed by atoms with Crippen LogP contribution in [0.3, 0.4) is 0 Å². The zero-order chi connectivity index (χ0) is 23.3. The van der Waals surface area contributed by atoms with Crippen LogP contribution in [0.4, 0.5) is 5.69 Å². The number of nitrogens with one attached hydrogen (secondary N) is 1. The van der Waals surface area contributed by atoms with Crippen LogP contribution in [0.1, 0.15) is 30.4 Å². The second kappa shape index (κ2) is 10.4. The number of aryl methyl sites for hydroxylation is 1. The predicted octanol–water partition coefficient (Wildman–Crippen LogP) is 1.90. The van der Waals surface area contributed by atoms with E-state index in [9.17, 15) is 13.2 Å². The molecule has 1 aliphatic rings. The highest BCUT2D eigenvalue weighted by atomic mass is 32.2. The number of sulfone groups is 1. The van der Waals surface area contributed by atoms with Gasteiger partial charge in [-0.05, 0) is 74.8 Å². The predicted molar refractivity (Wildman–Crippen MR) is 124 cm³/mol. The first-order valence-corrected chi connectivity index (χ1v) is 12.0. The minimum Gasteiger partial charge on any atom is -0.539 e. The third-order valence-corrected chi connectivity index (χ3v) is 7.51. The van der Waals surface area contributed by atoms with E-state index in [-0.39, 0.29) is 17.6 Å². The molecule has 2 N–H and O–H groups in total. The van der Waals surface area contributed by atoms with Crippen molar-refractivity contribution in [3.8, 4) is 11.5 Å². The molecule has 1 saturated carbocycles. The fourth-order valence-corrected chi connectivity index (χ4v) is 5.35.